The summed E-state index contributed by atoms with van der Waals surface area (Å²) >= 11 is 6.02. The van der Waals surface area contributed by atoms with Gasteiger partial charge < -0.3 is 10.1 Å². The van der Waals surface area contributed by atoms with Gasteiger partial charge in [-0.05, 0) is 25.1 Å². The highest BCUT2D eigenvalue weighted by molar-refractivity contribution is 6.31. The van der Waals surface area contributed by atoms with Crippen molar-refractivity contribution in [2.45, 2.75) is 6.92 Å². The lowest BCUT2D eigenvalue weighted by Crippen LogP contribution is -2.20. The van der Waals surface area contributed by atoms with E-state index in [0.717, 1.165) is 24.3 Å². The maximum absolute atomic E-state index is 13.2. The van der Waals surface area contributed by atoms with E-state index in [1.165, 1.54) is 10.8 Å². The van der Waals surface area contributed by atoms with Gasteiger partial charge in [-0.3, -0.25) is 19.6 Å². The van der Waals surface area contributed by atoms with Crippen LogP contribution < -0.4 is 5.32 Å². The van der Waals surface area contributed by atoms with Crippen molar-refractivity contribution in [2.75, 3.05) is 11.9 Å². The average Bonchev–Trinajstić information content (AvgIpc) is 2.84. The number of halogens is 2. The summed E-state index contributed by atoms with van der Waals surface area (Å²) in [7, 11) is 1.65. The van der Waals surface area contributed by atoms with Gasteiger partial charge in [0.2, 0.25) is 5.82 Å². The Morgan fingerprint density at radius 2 is 2.19 bits per heavy atom. The smallest absolute Gasteiger partial charge is 0.331 e. The molecule has 0 fully saturated rings. The number of nitrogens with zero attached hydrogens (tertiary/aromatic N) is 3. The standard InChI is InChI=1S/C16H14ClFN4O5/c1-9-11(16(17)21(2)20-9)4-6-15(24)27-8-14(23)19-10-3-5-12(18)13(7-10)22(25)26/h3-7H,8H2,1-2H3,(H,19,23)/b6-4+. The van der Waals surface area contributed by atoms with E-state index >= 15 is 0 Å². The Hall–Kier alpha value is -3.27. The van der Waals surface area contributed by atoms with Crippen LogP contribution in [0.3, 0.4) is 0 Å². The fourth-order valence-corrected chi connectivity index (χ4v) is 2.34. The molecule has 1 aromatic heterocycles. The number of aromatic nitrogens is 2. The lowest BCUT2D eigenvalue weighted by molar-refractivity contribution is -0.387. The highest BCUT2D eigenvalue weighted by Crippen LogP contribution is 2.22. The molecule has 1 heterocycles. The highest BCUT2D eigenvalue weighted by Gasteiger charge is 2.16. The minimum absolute atomic E-state index is 0.00235. The number of hydrogen-bond donors (Lipinski definition) is 1. The molecule has 9 nitrogen and oxygen atoms in total. The Morgan fingerprint density at radius 1 is 1.48 bits per heavy atom. The zero-order chi connectivity index (χ0) is 20.1. The number of rotatable bonds is 6. The molecule has 0 spiro atoms. The van der Waals surface area contributed by atoms with Crippen molar-refractivity contribution in [3.63, 3.8) is 0 Å². The van der Waals surface area contributed by atoms with Crippen LogP contribution in [0.1, 0.15) is 11.3 Å². The van der Waals surface area contributed by atoms with E-state index in [-0.39, 0.29) is 5.69 Å². The molecule has 11 heteroatoms. The lowest BCUT2D eigenvalue weighted by Gasteiger charge is -2.05. The summed E-state index contributed by atoms with van der Waals surface area (Å²) in [6.07, 6.45) is 2.50. The number of aryl methyl sites for hydroxylation is 2. The first-order chi connectivity index (χ1) is 12.7. The van der Waals surface area contributed by atoms with Crippen LogP contribution in [0.2, 0.25) is 5.15 Å². The van der Waals surface area contributed by atoms with Crippen molar-refractivity contribution < 1.29 is 23.6 Å². The van der Waals surface area contributed by atoms with Crippen molar-refractivity contribution in [3.8, 4) is 0 Å². The molecule has 0 bridgehead atoms. The van der Waals surface area contributed by atoms with Crippen LogP contribution >= 0.6 is 11.6 Å². The van der Waals surface area contributed by atoms with Gasteiger partial charge in [-0.25, -0.2) is 4.79 Å². The molecule has 0 saturated heterocycles. The predicted octanol–water partition coefficient (Wildman–Crippen LogP) is 2.62. The summed E-state index contributed by atoms with van der Waals surface area (Å²) in [5, 5.41) is 17.4. The molecule has 0 atom stereocenters. The SMILES string of the molecule is Cc1nn(C)c(Cl)c1/C=C/C(=O)OCC(=O)Nc1ccc(F)c([N+](=O)[O-])c1. The van der Waals surface area contributed by atoms with E-state index < -0.39 is 34.9 Å². The summed E-state index contributed by atoms with van der Waals surface area (Å²) < 4.78 is 19.5. The second kappa shape index (κ2) is 8.41. The Labute approximate surface area is 157 Å². The maximum atomic E-state index is 13.2. The zero-order valence-electron chi connectivity index (χ0n) is 14.2. The van der Waals surface area contributed by atoms with E-state index in [1.807, 2.05) is 0 Å². The minimum Gasteiger partial charge on any atom is -0.452 e. The third kappa shape index (κ3) is 5.11. The van der Waals surface area contributed by atoms with Crippen LogP contribution in [0, 0.1) is 22.9 Å². The third-order valence-corrected chi connectivity index (χ3v) is 3.80. The monoisotopic (exact) mass is 396 g/mol. The van der Waals surface area contributed by atoms with Gasteiger partial charge in [0.15, 0.2) is 6.61 Å². The number of nitro benzene ring substituents is 1. The Morgan fingerprint density at radius 3 is 2.78 bits per heavy atom. The quantitative estimate of drug-likeness (QED) is 0.347. The van der Waals surface area contributed by atoms with Crippen LogP contribution in [-0.4, -0.2) is 33.2 Å². The van der Waals surface area contributed by atoms with E-state index in [0.29, 0.717) is 16.4 Å². The topological polar surface area (TPSA) is 116 Å². The summed E-state index contributed by atoms with van der Waals surface area (Å²) in [5.41, 5.74) is 0.371. The fourth-order valence-electron chi connectivity index (χ4n) is 2.10. The Balaban J connectivity index is 1.92. The van der Waals surface area contributed by atoms with Crippen molar-refractivity contribution in [2.24, 2.45) is 7.05 Å². The van der Waals surface area contributed by atoms with Crippen LogP contribution in [-0.2, 0) is 21.4 Å². The number of anilines is 1. The van der Waals surface area contributed by atoms with E-state index in [4.69, 9.17) is 16.3 Å². The summed E-state index contributed by atoms with van der Waals surface area (Å²) in [5.74, 6) is -2.57. The van der Waals surface area contributed by atoms with E-state index in [1.54, 1.807) is 14.0 Å². The molecule has 0 unspecified atom stereocenters. The average molecular weight is 397 g/mol. The Bertz CT molecular complexity index is 941. The largest absolute Gasteiger partial charge is 0.452 e. The minimum atomic E-state index is -1.03. The third-order valence-electron chi connectivity index (χ3n) is 3.35. The van der Waals surface area contributed by atoms with Crippen LogP contribution in [0.15, 0.2) is 24.3 Å². The number of amides is 1. The number of carbonyl (C=O) groups excluding carboxylic acids is 2. The van der Waals surface area contributed by atoms with Gasteiger partial charge in [0.1, 0.15) is 5.15 Å². The second-order valence-corrected chi connectivity index (χ2v) is 5.68. The first-order valence-corrected chi connectivity index (χ1v) is 7.84. The van der Waals surface area contributed by atoms with Crippen molar-refractivity contribution in [1.29, 1.82) is 0 Å². The molecular weight excluding hydrogens is 383 g/mol. The van der Waals surface area contributed by atoms with Gasteiger partial charge >= 0.3 is 11.7 Å². The molecule has 1 N–H and O–H groups in total. The van der Waals surface area contributed by atoms with Crippen LogP contribution in [0.25, 0.3) is 6.08 Å². The number of benzene rings is 1. The first kappa shape index (κ1) is 20.0. The molecule has 0 radical (unpaired) electrons. The van der Waals surface area contributed by atoms with Gasteiger partial charge in [-0.1, -0.05) is 11.6 Å². The number of carbonyl (C=O) groups is 2. The normalized spacial score (nSPS) is 10.8. The van der Waals surface area contributed by atoms with Gasteiger partial charge in [0, 0.05) is 30.4 Å². The lowest BCUT2D eigenvalue weighted by atomic mass is 10.2. The van der Waals surface area contributed by atoms with Gasteiger partial charge in [0.25, 0.3) is 5.91 Å². The Kier molecular flexibility index (Phi) is 6.24. The van der Waals surface area contributed by atoms with Gasteiger partial charge in [-0.2, -0.15) is 9.49 Å². The van der Waals surface area contributed by atoms with Crippen molar-refractivity contribution in [3.05, 3.63) is 56.6 Å². The van der Waals surface area contributed by atoms with Gasteiger partial charge in [-0.15, -0.1) is 0 Å². The molecule has 27 heavy (non-hydrogen) atoms. The number of nitrogens with one attached hydrogen (secondary N) is 1. The molecule has 2 rings (SSSR count). The van der Waals surface area contributed by atoms with E-state index in [9.17, 15) is 24.1 Å². The number of nitro groups is 1. The molecule has 142 valence electrons. The maximum Gasteiger partial charge on any atom is 0.331 e. The molecule has 0 aliphatic carbocycles. The summed E-state index contributed by atoms with van der Waals surface area (Å²) in [4.78, 5) is 33.2. The fraction of sp³-hybridized carbons (Fsp3) is 0.188. The summed E-state index contributed by atoms with van der Waals surface area (Å²) in [6, 6.07) is 2.86. The van der Waals surface area contributed by atoms with Crippen molar-refractivity contribution >= 4 is 40.9 Å². The molecule has 1 amide bonds. The van der Waals surface area contributed by atoms with Crippen LogP contribution in [0.5, 0.6) is 0 Å². The molecule has 0 saturated carbocycles. The molecule has 0 aliphatic heterocycles. The number of hydrogen-bond acceptors (Lipinski definition) is 6. The molecule has 2 aromatic rings. The number of esters is 1. The second-order valence-electron chi connectivity index (χ2n) is 5.33. The van der Waals surface area contributed by atoms with Crippen LogP contribution in [0.4, 0.5) is 15.8 Å². The number of ether oxygens (including phenoxy) is 1. The highest BCUT2D eigenvalue weighted by atomic mass is 35.5. The molecular formula is C16H14ClFN4O5. The summed E-state index contributed by atoms with van der Waals surface area (Å²) in [6.45, 7) is 1.08. The van der Waals surface area contributed by atoms with Crippen molar-refractivity contribution in [1.82, 2.24) is 9.78 Å². The zero-order valence-corrected chi connectivity index (χ0v) is 15.0. The first-order valence-electron chi connectivity index (χ1n) is 7.46. The molecule has 0 aliphatic rings. The van der Waals surface area contributed by atoms with Gasteiger partial charge in [0.05, 0.1) is 10.6 Å². The molecule has 1 aromatic carbocycles. The predicted molar refractivity (Wildman–Crippen MR) is 94.6 cm³/mol. The van der Waals surface area contributed by atoms with E-state index in [2.05, 4.69) is 10.4 Å².